The standard InChI is InChI=1S/C48H58F4O8S4/c1-9-37(57)59-47(23(3)15-27-29-19-33(49)31-17-25(53)11-13-41(31,5)45(29,51)35(55)21-43(27,47)7)39(61)63-64-40(62)48(60-38(58)10-2)24(4)16-28-30-20-34(50)32-18-26(54)12-14-42(32,6)46(30,52)36(56)22-44(28,48)8/h11-14,17-18,23-24,27-30,33-36,55-56H,9-10,15-16,19-22H2,1-8H3/t23-,24-,27+,28+,29+,30+,33+,34+,35+,36+,41+,42+,43+,44+,45+,46+,47+,48+/m1/s1. The fourth-order valence-electron chi connectivity index (χ4n) is 15.1. The predicted octanol–water partition coefficient (Wildman–Crippen LogP) is 9.54. The Morgan fingerprint density at radius 1 is 0.672 bits per heavy atom. The Balaban J connectivity index is 1.15. The van der Waals surface area contributed by atoms with E-state index < -0.39 is 128 Å². The van der Waals surface area contributed by atoms with Crippen LogP contribution in [0.1, 0.15) is 107 Å². The van der Waals surface area contributed by atoms with Crippen molar-refractivity contribution in [3.63, 3.8) is 0 Å². The number of carbonyl (C=O) groups excluding carboxylic acids is 4. The summed E-state index contributed by atoms with van der Waals surface area (Å²) < 4.78 is 82.2. The molecule has 8 aliphatic carbocycles. The molecule has 0 aliphatic heterocycles. The van der Waals surface area contributed by atoms with Crippen molar-refractivity contribution in [2.45, 2.75) is 154 Å². The minimum Gasteiger partial charge on any atom is -0.452 e. The van der Waals surface area contributed by atoms with Gasteiger partial charge >= 0.3 is 11.9 Å². The van der Waals surface area contributed by atoms with Gasteiger partial charge in [0, 0.05) is 58.2 Å². The van der Waals surface area contributed by atoms with Crippen LogP contribution in [-0.2, 0) is 28.7 Å². The number of fused-ring (bicyclic) bond motifs is 10. The van der Waals surface area contributed by atoms with Gasteiger partial charge in [-0.2, -0.15) is 0 Å². The van der Waals surface area contributed by atoms with Crippen LogP contribution in [0.3, 0.4) is 0 Å². The third-order valence-corrected chi connectivity index (χ3v) is 22.2. The van der Waals surface area contributed by atoms with Gasteiger partial charge in [-0.3, -0.25) is 19.2 Å². The van der Waals surface area contributed by atoms with E-state index in [1.165, 1.54) is 38.2 Å². The van der Waals surface area contributed by atoms with Crippen LogP contribution in [0.4, 0.5) is 17.6 Å². The van der Waals surface area contributed by atoms with Gasteiger partial charge in [-0.05, 0) is 121 Å². The molecular weight excluding hydrogens is 909 g/mol. The quantitative estimate of drug-likeness (QED) is 0.114. The Morgan fingerprint density at radius 3 is 1.34 bits per heavy atom. The molecule has 8 aliphatic rings. The Kier molecular flexibility index (Phi) is 11.8. The van der Waals surface area contributed by atoms with E-state index in [-0.39, 0.29) is 70.9 Å². The molecule has 0 heterocycles. The first-order valence-electron chi connectivity index (χ1n) is 22.5. The number of hydrogen-bond acceptors (Lipinski definition) is 12. The minimum atomic E-state index is -2.37. The van der Waals surface area contributed by atoms with Crippen LogP contribution in [0.5, 0.6) is 0 Å². The second kappa shape index (κ2) is 15.6. The van der Waals surface area contributed by atoms with Gasteiger partial charge in [0.2, 0.25) is 0 Å². The molecule has 0 amide bonds. The lowest BCUT2D eigenvalue weighted by atomic mass is 9.44. The van der Waals surface area contributed by atoms with Crippen molar-refractivity contribution < 1.29 is 56.4 Å². The molecule has 0 radical (unpaired) electrons. The molecule has 0 aromatic rings. The average Bonchev–Trinajstić information content (AvgIpc) is 3.59. The molecule has 350 valence electrons. The summed E-state index contributed by atoms with van der Waals surface area (Å²) in [6.07, 6.45) is 0.207. The Morgan fingerprint density at radius 2 is 1.02 bits per heavy atom. The lowest BCUT2D eigenvalue weighted by molar-refractivity contribution is -0.220. The van der Waals surface area contributed by atoms with E-state index in [2.05, 4.69) is 0 Å². The van der Waals surface area contributed by atoms with Gasteiger partial charge in [0.15, 0.2) is 34.1 Å². The highest BCUT2D eigenvalue weighted by molar-refractivity contribution is 8.89. The lowest BCUT2D eigenvalue weighted by Gasteiger charge is -2.63. The molecule has 6 fully saturated rings. The molecule has 0 unspecified atom stereocenters. The lowest BCUT2D eigenvalue weighted by Crippen LogP contribution is -2.70. The largest absolute Gasteiger partial charge is 0.452 e. The molecular formula is C48H58F4O8S4. The minimum absolute atomic E-state index is 0.00400. The van der Waals surface area contributed by atoms with Crippen LogP contribution >= 0.6 is 46.0 Å². The van der Waals surface area contributed by atoms with Gasteiger partial charge < -0.3 is 19.7 Å². The van der Waals surface area contributed by atoms with Crippen molar-refractivity contribution in [1.82, 2.24) is 0 Å². The van der Waals surface area contributed by atoms with Crippen molar-refractivity contribution in [2.75, 3.05) is 0 Å². The summed E-state index contributed by atoms with van der Waals surface area (Å²) in [6.45, 7) is 13.6. The maximum atomic E-state index is 18.1. The Labute approximate surface area is 391 Å². The van der Waals surface area contributed by atoms with E-state index >= 15 is 17.6 Å². The average molecular weight is 967 g/mol. The van der Waals surface area contributed by atoms with Crippen LogP contribution in [0, 0.1) is 57.2 Å². The fraction of sp³-hybridized carbons (Fsp3) is 0.708. The zero-order chi connectivity index (χ0) is 47.1. The van der Waals surface area contributed by atoms with Crippen LogP contribution in [0.25, 0.3) is 0 Å². The van der Waals surface area contributed by atoms with Gasteiger partial charge in [0.05, 0.1) is 12.2 Å². The molecule has 0 spiro atoms. The number of aliphatic hydroxyl groups is 2. The molecule has 8 nitrogen and oxygen atoms in total. The van der Waals surface area contributed by atoms with Gasteiger partial charge in [-0.25, -0.2) is 17.6 Å². The third-order valence-electron chi connectivity index (χ3n) is 18.3. The summed E-state index contributed by atoms with van der Waals surface area (Å²) in [5, 5.41) is 24.2. The number of carbonyl (C=O) groups is 4. The van der Waals surface area contributed by atoms with Crippen LogP contribution in [0.15, 0.2) is 47.6 Å². The third kappa shape index (κ3) is 5.92. The molecule has 18 atom stereocenters. The van der Waals surface area contributed by atoms with Gasteiger partial charge in [-0.1, -0.05) is 78.1 Å². The van der Waals surface area contributed by atoms with E-state index in [0.29, 0.717) is 0 Å². The molecule has 8 rings (SSSR count). The number of rotatable bonds is 6. The van der Waals surface area contributed by atoms with Crippen LogP contribution in [0.2, 0.25) is 0 Å². The smallest absolute Gasteiger partial charge is 0.306 e. The highest BCUT2D eigenvalue weighted by Crippen LogP contribution is 2.75. The monoisotopic (exact) mass is 966 g/mol. The maximum Gasteiger partial charge on any atom is 0.306 e. The van der Waals surface area contributed by atoms with Gasteiger partial charge in [0.25, 0.3) is 0 Å². The zero-order valence-electron chi connectivity index (χ0n) is 37.4. The van der Waals surface area contributed by atoms with E-state index in [1.54, 1.807) is 13.8 Å². The predicted molar refractivity (Wildman–Crippen MR) is 245 cm³/mol. The number of aliphatic hydroxyl groups excluding tert-OH is 2. The van der Waals surface area contributed by atoms with E-state index in [9.17, 15) is 29.4 Å². The van der Waals surface area contributed by atoms with Crippen molar-refractivity contribution in [3.8, 4) is 0 Å². The number of ether oxygens (including phenoxy) is 2. The summed E-state index contributed by atoms with van der Waals surface area (Å²) in [5.41, 5.74) is -13.7. The fourth-order valence-corrected chi connectivity index (χ4v) is 19.3. The summed E-state index contributed by atoms with van der Waals surface area (Å²) in [6, 6.07) is 0. The number of alkyl halides is 4. The summed E-state index contributed by atoms with van der Waals surface area (Å²) in [5.74, 6) is -6.58. The number of halogens is 4. The van der Waals surface area contributed by atoms with Crippen molar-refractivity contribution >= 4 is 77.9 Å². The number of esters is 2. The molecule has 16 heteroatoms. The van der Waals surface area contributed by atoms with Crippen LogP contribution in [-0.4, -0.2) is 89.2 Å². The Hall–Kier alpha value is -2.24. The van der Waals surface area contributed by atoms with E-state index in [0.717, 1.165) is 33.7 Å². The zero-order valence-corrected chi connectivity index (χ0v) is 40.6. The van der Waals surface area contributed by atoms with E-state index in [1.807, 2.05) is 27.7 Å². The second-order valence-corrected chi connectivity index (χ2v) is 24.3. The normalized spacial score (nSPS) is 49.8. The van der Waals surface area contributed by atoms with Crippen molar-refractivity contribution in [2.24, 2.45) is 57.2 Å². The van der Waals surface area contributed by atoms with E-state index in [4.69, 9.17) is 33.9 Å². The number of allylic oxidation sites excluding steroid dienone is 8. The van der Waals surface area contributed by atoms with Gasteiger partial charge in [-0.15, -0.1) is 0 Å². The highest BCUT2D eigenvalue weighted by atomic mass is 33.1. The Bertz CT molecular complexity index is 2080. The summed E-state index contributed by atoms with van der Waals surface area (Å²) >= 11 is 12.6. The molecule has 0 saturated heterocycles. The first-order valence-corrected chi connectivity index (χ1v) is 25.5. The SMILES string of the molecule is CCC(=O)O[C@]1(C(=S)SSC(=S)[C@@]2(OC(=O)CC)[C@H](C)C[C@H]3[C@@H]4C[C@H](F)C5=CC(=O)C=C[C@]5(C)[C@@]4(F)[C@@H](O)C[C@@]32C)[C@H](C)C[C@H]2[C@@H]3C[C@H](F)C4=CC(=O)C=C[C@]4(C)[C@@]3(F)[C@@H](O)C[C@@]21C. The highest BCUT2D eigenvalue weighted by Gasteiger charge is 2.80. The molecule has 64 heavy (non-hydrogen) atoms. The molecule has 2 N–H and O–H groups in total. The molecule has 0 aromatic heterocycles. The molecule has 6 saturated carbocycles. The summed E-state index contributed by atoms with van der Waals surface area (Å²) in [7, 11) is 2.05. The maximum absolute atomic E-state index is 18.1. The first kappa shape index (κ1) is 48.2. The number of thiocarbonyl (C=S) groups is 2. The van der Waals surface area contributed by atoms with Crippen LogP contribution < -0.4 is 0 Å². The molecule has 0 aromatic carbocycles. The first-order chi connectivity index (χ1) is 29.7. The van der Waals surface area contributed by atoms with Gasteiger partial charge in [0.1, 0.15) is 20.7 Å². The number of hydrogen-bond donors (Lipinski definition) is 2. The second-order valence-electron chi connectivity index (χ2n) is 20.9. The molecule has 0 bridgehead atoms. The van der Waals surface area contributed by atoms with Crippen molar-refractivity contribution in [1.29, 1.82) is 0 Å². The number of ketones is 2. The summed E-state index contributed by atoms with van der Waals surface area (Å²) in [4.78, 5) is 51.9. The van der Waals surface area contributed by atoms with Crippen molar-refractivity contribution in [3.05, 3.63) is 47.6 Å². The topological polar surface area (TPSA) is 127 Å².